The minimum atomic E-state index is -0.308. The highest BCUT2D eigenvalue weighted by Gasteiger charge is 2.27. The van der Waals surface area contributed by atoms with Crippen LogP contribution in [0.1, 0.15) is 12.0 Å². The predicted molar refractivity (Wildman–Crippen MR) is 63.1 cm³/mol. The van der Waals surface area contributed by atoms with Crippen molar-refractivity contribution >= 4 is 0 Å². The molecular weight excluding hydrogens is 202 g/mol. The number of ether oxygens (including phenoxy) is 1. The summed E-state index contributed by atoms with van der Waals surface area (Å²) < 4.78 is 5.28. The van der Waals surface area contributed by atoms with E-state index in [1.165, 1.54) is 5.56 Å². The molecule has 0 saturated carbocycles. The summed E-state index contributed by atoms with van der Waals surface area (Å²) in [6, 6.07) is 10.4. The van der Waals surface area contributed by atoms with Crippen LogP contribution in [0.4, 0.5) is 0 Å². The second kappa shape index (κ2) is 5.43. The molecule has 1 heterocycles. The summed E-state index contributed by atoms with van der Waals surface area (Å²) >= 11 is 0. The average Bonchev–Trinajstić information content (AvgIpc) is 2.33. The number of nitrogens with zero attached hydrogens (tertiary/aromatic N) is 1. The Labute approximate surface area is 96.6 Å². The predicted octanol–water partition coefficient (Wildman–Crippen LogP) is 1.27. The number of aliphatic hydroxyl groups is 1. The molecule has 16 heavy (non-hydrogen) atoms. The van der Waals surface area contributed by atoms with Gasteiger partial charge in [0.2, 0.25) is 0 Å². The molecule has 0 unspecified atom stereocenters. The van der Waals surface area contributed by atoms with Gasteiger partial charge in [-0.1, -0.05) is 30.3 Å². The molecule has 0 aliphatic carbocycles. The molecule has 0 bridgehead atoms. The van der Waals surface area contributed by atoms with Gasteiger partial charge in [-0.25, -0.2) is 0 Å². The van der Waals surface area contributed by atoms with Gasteiger partial charge >= 0.3 is 0 Å². The Morgan fingerprint density at radius 2 is 2.12 bits per heavy atom. The van der Waals surface area contributed by atoms with Crippen LogP contribution in [0, 0.1) is 0 Å². The molecule has 1 fully saturated rings. The van der Waals surface area contributed by atoms with Crippen molar-refractivity contribution in [3.05, 3.63) is 35.9 Å². The first-order chi connectivity index (χ1) is 7.79. The quantitative estimate of drug-likeness (QED) is 0.834. The number of aliphatic hydroxyl groups excluding tert-OH is 1. The van der Waals surface area contributed by atoms with Crippen molar-refractivity contribution in [2.75, 3.05) is 20.2 Å². The van der Waals surface area contributed by atoms with E-state index in [9.17, 15) is 5.11 Å². The SMILES string of the molecule is CO[C@@H]1CN(Cc2ccccc2)CC[C@H]1O. The topological polar surface area (TPSA) is 32.7 Å². The second-order valence-electron chi connectivity index (χ2n) is 4.35. The third-order valence-electron chi connectivity index (χ3n) is 3.16. The minimum absolute atomic E-state index is 0.0440. The van der Waals surface area contributed by atoms with Gasteiger partial charge in [0.1, 0.15) is 0 Å². The van der Waals surface area contributed by atoms with Gasteiger partial charge in [0, 0.05) is 26.7 Å². The van der Waals surface area contributed by atoms with E-state index in [0.29, 0.717) is 0 Å². The van der Waals surface area contributed by atoms with Gasteiger partial charge < -0.3 is 9.84 Å². The molecule has 1 aromatic rings. The third kappa shape index (κ3) is 2.82. The van der Waals surface area contributed by atoms with E-state index in [1.54, 1.807) is 7.11 Å². The molecule has 1 N–H and O–H groups in total. The first-order valence-corrected chi connectivity index (χ1v) is 5.76. The number of rotatable bonds is 3. The van der Waals surface area contributed by atoms with Gasteiger partial charge in [0.05, 0.1) is 12.2 Å². The highest BCUT2D eigenvalue weighted by molar-refractivity contribution is 5.14. The lowest BCUT2D eigenvalue weighted by atomic mass is 10.0. The van der Waals surface area contributed by atoms with Crippen LogP contribution in [0.3, 0.4) is 0 Å². The largest absolute Gasteiger partial charge is 0.390 e. The van der Waals surface area contributed by atoms with E-state index >= 15 is 0 Å². The minimum Gasteiger partial charge on any atom is -0.390 e. The molecule has 2 rings (SSSR count). The zero-order valence-corrected chi connectivity index (χ0v) is 9.67. The van der Waals surface area contributed by atoms with Crippen molar-refractivity contribution in [2.24, 2.45) is 0 Å². The fourth-order valence-corrected chi connectivity index (χ4v) is 2.19. The maximum Gasteiger partial charge on any atom is 0.0957 e. The lowest BCUT2D eigenvalue weighted by Gasteiger charge is -2.35. The zero-order valence-electron chi connectivity index (χ0n) is 9.67. The molecule has 3 heteroatoms. The monoisotopic (exact) mass is 221 g/mol. The molecule has 1 saturated heterocycles. The zero-order chi connectivity index (χ0) is 11.4. The normalized spacial score (nSPS) is 26.9. The molecule has 0 spiro atoms. The number of piperidine rings is 1. The van der Waals surface area contributed by atoms with E-state index in [4.69, 9.17) is 4.74 Å². The van der Waals surface area contributed by atoms with E-state index in [2.05, 4.69) is 29.2 Å². The molecule has 0 radical (unpaired) electrons. The molecule has 0 aromatic heterocycles. The van der Waals surface area contributed by atoms with Crippen LogP contribution in [-0.4, -0.2) is 42.4 Å². The van der Waals surface area contributed by atoms with Gasteiger partial charge in [-0.2, -0.15) is 0 Å². The smallest absolute Gasteiger partial charge is 0.0957 e. The molecule has 3 nitrogen and oxygen atoms in total. The summed E-state index contributed by atoms with van der Waals surface area (Å²) in [6.45, 7) is 2.69. The van der Waals surface area contributed by atoms with E-state index in [1.807, 2.05) is 6.07 Å². The lowest BCUT2D eigenvalue weighted by molar-refractivity contribution is -0.0625. The Kier molecular flexibility index (Phi) is 3.93. The van der Waals surface area contributed by atoms with E-state index < -0.39 is 0 Å². The third-order valence-corrected chi connectivity index (χ3v) is 3.16. The van der Waals surface area contributed by atoms with Crippen LogP contribution in [0.15, 0.2) is 30.3 Å². The number of hydrogen-bond donors (Lipinski definition) is 1. The fraction of sp³-hybridized carbons (Fsp3) is 0.538. The van der Waals surface area contributed by atoms with Gasteiger partial charge in [-0.3, -0.25) is 4.90 Å². The molecule has 1 aliphatic rings. The first-order valence-electron chi connectivity index (χ1n) is 5.76. The standard InChI is InChI=1S/C13H19NO2/c1-16-13-10-14(8-7-12(13)15)9-11-5-3-2-4-6-11/h2-6,12-13,15H,7-10H2,1H3/t12-,13-/m1/s1. The van der Waals surface area contributed by atoms with Crippen LogP contribution in [-0.2, 0) is 11.3 Å². The molecule has 2 atom stereocenters. The molecule has 1 aliphatic heterocycles. The van der Waals surface area contributed by atoms with Crippen LogP contribution >= 0.6 is 0 Å². The van der Waals surface area contributed by atoms with Crippen molar-refractivity contribution < 1.29 is 9.84 Å². The summed E-state index contributed by atoms with van der Waals surface area (Å²) in [5.74, 6) is 0. The Bertz CT molecular complexity index is 315. The van der Waals surface area contributed by atoms with Crippen molar-refractivity contribution in [3.63, 3.8) is 0 Å². The molecule has 1 aromatic carbocycles. The highest BCUT2D eigenvalue weighted by atomic mass is 16.5. The number of likely N-dealkylation sites (tertiary alicyclic amines) is 1. The van der Waals surface area contributed by atoms with Crippen LogP contribution in [0.2, 0.25) is 0 Å². The Morgan fingerprint density at radius 3 is 2.81 bits per heavy atom. The summed E-state index contributed by atoms with van der Waals surface area (Å²) in [4.78, 5) is 2.33. The maximum atomic E-state index is 9.70. The lowest BCUT2D eigenvalue weighted by Crippen LogP contribution is -2.47. The Morgan fingerprint density at radius 1 is 1.38 bits per heavy atom. The van der Waals surface area contributed by atoms with Gasteiger partial charge in [0.25, 0.3) is 0 Å². The van der Waals surface area contributed by atoms with Crippen LogP contribution in [0.25, 0.3) is 0 Å². The van der Waals surface area contributed by atoms with E-state index in [0.717, 1.165) is 26.1 Å². The van der Waals surface area contributed by atoms with Crippen LogP contribution in [0.5, 0.6) is 0 Å². The molecular formula is C13H19NO2. The second-order valence-corrected chi connectivity index (χ2v) is 4.35. The average molecular weight is 221 g/mol. The maximum absolute atomic E-state index is 9.70. The van der Waals surface area contributed by atoms with Gasteiger partial charge in [0.15, 0.2) is 0 Å². The summed E-state index contributed by atoms with van der Waals surface area (Å²) in [6.07, 6.45) is 0.445. The Hall–Kier alpha value is -0.900. The summed E-state index contributed by atoms with van der Waals surface area (Å²) in [5.41, 5.74) is 1.31. The summed E-state index contributed by atoms with van der Waals surface area (Å²) in [5, 5.41) is 9.70. The van der Waals surface area contributed by atoms with Crippen LogP contribution < -0.4 is 0 Å². The van der Waals surface area contributed by atoms with Gasteiger partial charge in [-0.05, 0) is 12.0 Å². The van der Waals surface area contributed by atoms with Crippen molar-refractivity contribution in [1.29, 1.82) is 0 Å². The number of hydrogen-bond acceptors (Lipinski definition) is 3. The van der Waals surface area contributed by atoms with Crippen molar-refractivity contribution in [2.45, 2.75) is 25.2 Å². The first kappa shape index (κ1) is 11.6. The Balaban J connectivity index is 1.92. The summed E-state index contributed by atoms with van der Waals surface area (Å²) in [7, 11) is 1.67. The number of benzene rings is 1. The van der Waals surface area contributed by atoms with Gasteiger partial charge in [-0.15, -0.1) is 0 Å². The number of methoxy groups -OCH3 is 1. The van der Waals surface area contributed by atoms with Crippen molar-refractivity contribution in [1.82, 2.24) is 4.90 Å². The molecule has 0 amide bonds. The fourth-order valence-electron chi connectivity index (χ4n) is 2.19. The highest BCUT2D eigenvalue weighted by Crippen LogP contribution is 2.15. The van der Waals surface area contributed by atoms with Crippen molar-refractivity contribution in [3.8, 4) is 0 Å². The van der Waals surface area contributed by atoms with E-state index in [-0.39, 0.29) is 12.2 Å². The molecule has 88 valence electrons.